The van der Waals surface area contributed by atoms with Gasteiger partial charge >= 0.3 is 6.09 Å². The average Bonchev–Trinajstić information content (AvgIpc) is 2.89. The molecule has 0 amide bonds. The molecule has 0 saturated heterocycles. The number of nitrogens with zero attached hydrogens (tertiary/aromatic N) is 2. The van der Waals surface area contributed by atoms with Gasteiger partial charge in [-0.1, -0.05) is 6.07 Å². The van der Waals surface area contributed by atoms with Crippen LogP contribution >= 0.6 is 0 Å². The minimum Gasteiger partial charge on any atom is -0.443 e. The van der Waals surface area contributed by atoms with E-state index in [1.54, 1.807) is 6.20 Å². The molecule has 6 heteroatoms. The molecule has 0 aliphatic rings. The Balaban J connectivity index is 2.19. The summed E-state index contributed by atoms with van der Waals surface area (Å²) in [5, 5.41) is 19.1. The number of carbonyl (C=O) groups is 1. The van der Waals surface area contributed by atoms with E-state index in [-0.39, 0.29) is 13.2 Å². The summed E-state index contributed by atoms with van der Waals surface area (Å²) in [5.74, 6) is 0. The topological polar surface area (TPSA) is 74.9 Å². The van der Waals surface area contributed by atoms with Gasteiger partial charge in [0.25, 0.3) is 0 Å². The van der Waals surface area contributed by atoms with Crippen molar-refractivity contribution in [2.75, 3.05) is 26.3 Å². The van der Waals surface area contributed by atoms with Crippen molar-refractivity contribution in [2.24, 2.45) is 0 Å². The highest BCUT2D eigenvalue weighted by molar-refractivity contribution is 5.89. The van der Waals surface area contributed by atoms with Crippen molar-refractivity contribution in [2.45, 2.75) is 32.9 Å². The van der Waals surface area contributed by atoms with E-state index in [4.69, 9.17) is 14.9 Å². The lowest BCUT2D eigenvalue weighted by atomic mass is 10.1. The highest BCUT2D eigenvalue weighted by Crippen LogP contribution is 2.20. The van der Waals surface area contributed by atoms with E-state index < -0.39 is 11.7 Å². The number of hydrogen-bond acceptors (Lipinski definition) is 5. The van der Waals surface area contributed by atoms with Crippen LogP contribution in [0.2, 0.25) is 0 Å². The summed E-state index contributed by atoms with van der Waals surface area (Å²) in [5.41, 5.74) is 1.32. The largest absolute Gasteiger partial charge is 0.443 e. The Morgan fingerprint density at radius 3 is 2.42 bits per heavy atom. The first-order valence-corrected chi connectivity index (χ1v) is 8.11. The van der Waals surface area contributed by atoms with Crippen LogP contribution in [0.5, 0.6) is 0 Å². The monoisotopic (exact) mass is 334 g/mol. The lowest BCUT2D eigenvalue weighted by Gasteiger charge is -2.20. The summed E-state index contributed by atoms with van der Waals surface area (Å²) in [6.07, 6.45) is 1.31. The zero-order chi connectivity index (χ0) is 17.7. The van der Waals surface area contributed by atoms with E-state index in [0.717, 1.165) is 16.5 Å². The van der Waals surface area contributed by atoms with E-state index in [2.05, 4.69) is 0 Å². The number of aromatic nitrogens is 1. The van der Waals surface area contributed by atoms with Crippen LogP contribution in [0.4, 0.5) is 4.79 Å². The average molecular weight is 334 g/mol. The van der Waals surface area contributed by atoms with Gasteiger partial charge in [0, 0.05) is 31.2 Å². The van der Waals surface area contributed by atoms with Gasteiger partial charge < -0.3 is 14.9 Å². The first-order valence-electron chi connectivity index (χ1n) is 8.11. The van der Waals surface area contributed by atoms with Crippen LogP contribution in [0.1, 0.15) is 26.3 Å². The van der Waals surface area contributed by atoms with Gasteiger partial charge in [-0.2, -0.15) is 0 Å². The maximum absolute atomic E-state index is 12.2. The lowest BCUT2D eigenvalue weighted by molar-refractivity contribution is 0.0544. The fourth-order valence-electron chi connectivity index (χ4n) is 2.57. The first-order chi connectivity index (χ1) is 11.3. The Kier molecular flexibility index (Phi) is 5.99. The van der Waals surface area contributed by atoms with Crippen molar-refractivity contribution < 1.29 is 19.7 Å². The van der Waals surface area contributed by atoms with Crippen molar-refractivity contribution in [3.05, 3.63) is 36.0 Å². The van der Waals surface area contributed by atoms with Crippen molar-refractivity contribution in [3.8, 4) is 0 Å². The number of fused-ring (bicyclic) bond motifs is 1. The molecule has 132 valence electrons. The summed E-state index contributed by atoms with van der Waals surface area (Å²) in [6, 6.07) is 7.73. The third-order valence-electron chi connectivity index (χ3n) is 3.58. The van der Waals surface area contributed by atoms with E-state index >= 15 is 0 Å². The van der Waals surface area contributed by atoms with Crippen molar-refractivity contribution in [1.82, 2.24) is 9.47 Å². The zero-order valence-electron chi connectivity index (χ0n) is 14.5. The second-order valence-electron chi connectivity index (χ2n) is 6.78. The van der Waals surface area contributed by atoms with Gasteiger partial charge in [0.15, 0.2) is 0 Å². The molecule has 0 spiro atoms. The smallest absolute Gasteiger partial charge is 0.418 e. The number of ether oxygens (including phenoxy) is 1. The molecule has 1 heterocycles. The van der Waals surface area contributed by atoms with Gasteiger partial charge in [-0.15, -0.1) is 0 Å². The van der Waals surface area contributed by atoms with Crippen molar-refractivity contribution in [3.63, 3.8) is 0 Å². The Morgan fingerprint density at radius 1 is 1.17 bits per heavy atom. The fraction of sp³-hybridized carbons (Fsp3) is 0.500. The van der Waals surface area contributed by atoms with Gasteiger partial charge in [-0.3, -0.25) is 9.47 Å². The van der Waals surface area contributed by atoms with Crippen LogP contribution in [-0.2, 0) is 11.3 Å². The summed E-state index contributed by atoms with van der Waals surface area (Å²) < 4.78 is 6.91. The number of aliphatic hydroxyl groups is 2. The molecule has 1 aromatic heterocycles. The highest BCUT2D eigenvalue weighted by Gasteiger charge is 2.19. The molecule has 0 fully saturated rings. The third-order valence-corrected chi connectivity index (χ3v) is 3.58. The summed E-state index contributed by atoms with van der Waals surface area (Å²) in [4.78, 5) is 14.2. The second kappa shape index (κ2) is 7.79. The molecule has 6 nitrogen and oxygen atoms in total. The standard InChI is InChI=1S/C18H26N2O4/c1-18(2,3)24-17(23)20-7-6-15-12-14(4-5-16(15)20)13-19(8-10-21)9-11-22/h4-7,12,21-22H,8-11,13H2,1-3H3. The molecular formula is C18H26N2O4. The van der Waals surface area contributed by atoms with Gasteiger partial charge in [0.05, 0.1) is 18.7 Å². The van der Waals surface area contributed by atoms with Crippen molar-refractivity contribution in [1.29, 1.82) is 0 Å². The Hall–Kier alpha value is -1.89. The fourth-order valence-corrected chi connectivity index (χ4v) is 2.57. The minimum absolute atomic E-state index is 0.0528. The number of aliphatic hydroxyl groups excluding tert-OH is 2. The van der Waals surface area contributed by atoms with E-state index in [9.17, 15) is 4.79 Å². The molecule has 0 aliphatic heterocycles. The molecule has 1 aromatic carbocycles. The van der Waals surface area contributed by atoms with Crippen LogP contribution in [0, 0.1) is 0 Å². The van der Waals surface area contributed by atoms with Gasteiger partial charge in [-0.05, 0) is 44.5 Å². The molecule has 0 aliphatic carbocycles. The Morgan fingerprint density at radius 2 is 1.83 bits per heavy atom. The van der Waals surface area contributed by atoms with Gasteiger partial charge in [0.1, 0.15) is 5.60 Å². The molecule has 2 N–H and O–H groups in total. The molecule has 0 atom stereocenters. The lowest BCUT2D eigenvalue weighted by Crippen LogP contribution is -2.29. The number of hydrogen-bond donors (Lipinski definition) is 2. The molecule has 0 bridgehead atoms. The van der Waals surface area contributed by atoms with E-state index in [1.807, 2.05) is 49.9 Å². The molecule has 24 heavy (non-hydrogen) atoms. The third kappa shape index (κ3) is 4.80. The van der Waals surface area contributed by atoms with E-state index in [1.165, 1.54) is 4.57 Å². The van der Waals surface area contributed by atoms with Crippen molar-refractivity contribution >= 4 is 17.0 Å². The molecule has 0 radical (unpaired) electrons. The molecule has 0 saturated carbocycles. The number of carbonyl (C=O) groups excluding carboxylic acids is 1. The first kappa shape index (κ1) is 18.4. The van der Waals surface area contributed by atoms with Crippen LogP contribution in [0.15, 0.2) is 30.5 Å². The highest BCUT2D eigenvalue weighted by atomic mass is 16.6. The SMILES string of the molecule is CC(C)(C)OC(=O)n1ccc2cc(CN(CCO)CCO)ccc21. The van der Waals surface area contributed by atoms with Crippen LogP contribution in [-0.4, -0.2) is 57.7 Å². The zero-order valence-corrected chi connectivity index (χ0v) is 14.5. The number of benzene rings is 1. The van der Waals surface area contributed by atoms with Crippen LogP contribution in [0.25, 0.3) is 10.9 Å². The maximum Gasteiger partial charge on any atom is 0.418 e. The summed E-state index contributed by atoms with van der Waals surface area (Å²) in [7, 11) is 0. The quantitative estimate of drug-likeness (QED) is 0.847. The summed E-state index contributed by atoms with van der Waals surface area (Å²) in [6.45, 7) is 7.28. The van der Waals surface area contributed by atoms with Gasteiger partial charge in [-0.25, -0.2) is 4.79 Å². The molecule has 0 unspecified atom stereocenters. The Labute approximate surface area is 142 Å². The summed E-state index contributed by atoms with van der Waals surface area (Å²) >= 11 is 0. The van der Waals surface area contributed by atoms with Crippen LogP contribution < -0.4 is 0 Å². The maximum atomic E-state index is 12.2. The molecular weight excluding hydrogens is 308 g/mol. The second-order valence-corrected chi connectivity index (χ2v) is 6.78. The minimum atomic E-state index is -0.539. The normalized spacial score (nSPS) is 12.1. The molecule has 2 aromatic rings. The predicted molar refractivity (Wildman–Crippen MR) is 93.0 cm³/mol. The Bertz CT molecular complexity index is 682. The molecule has 2 rings (SSSR count). The predicted octanol–water partition coefficient (Wildman–Crippen LogP) is 2.21. The number of rotatable bonds is 6. The van der Waals surface area contributed by atoms with E-state index in [0.29, 0.717) is 19.6 Å². The van der Waals surface area contributed by atoms with Gasteiger partial charge in [0.2, 0.25) is 0 Å². The van der Waals surface area contributed by atoms with Crippen LogP contribution in [0.3, 0.4) is 0 Å².